The van der Waals surface area contributed by atoms with Crippen LogP contribution < -0.4 is 5.32 Å². The average molecular weight is 228 g/mol. The molecule has 1 aliphatic carbocycles. The van der Waals surface area contributed by atoms with Crippen LogP contribution in [0.15, 0.2) is 0 Å². The lowest BCUT2D eigenvalue weighted by atomic mass is 10.1. The lowest BCUT2D eigenvalue weighted by Crippen LogP contribution is -2.40. The second kappa shape index (κ2) is 5.84. The van der Waals surface area contributed by atoms with Gasteiger partial charge in [-0.1, -0.05) is 6.42 Å². The summed E-state index contributed by atoms with van der Waals surface area (Å²) in [7, 11) is 1.70. The van der Waals surface area contributed by atoms with Crippen LogP contribution in [0.4, 0.5) is 0 Å². The van der Waals surface area contributed by atoms with E-state index >= 15 is 0 Å². The topological polar surface area (TPSA) is 69.6 Å². The van der Waals surface area contributed by atoms with E-state index in [0.29, 0.717) is 6.54 Å². The quantitative estimate of drug-likeness (QED) is 0.696. The monoisotopic (exact) mass is 228 g/mol. The van der Waals surface area contributed by atoms with Crippen molar-refractivity contribution in [3.8, 4) is 0 Å². The number of carbonyl (C=O) groups excluding carboxylic acids is 2. The first kappa shape index (κ1) is 13.0. The zero-order chi connectivity index (χ0) is 12.1. The van der Waals surface area contributed by atoms with Crippen LogP contribution in [0.3, 0.4) is 0 Å². The van der Waals surface area contributed by atoms with Crippen LogP contribution in [-0.2, 0) is 9.59 Å². The van der Waals surface area contributed by atoms with Gasteiger partial charge in [-0.3, -0.25) is 9.59 Å². The number of likely N-dealkylation sites (N-methyl/N-ethyl adjacent to an activating group) is 1. The number of carbonyl (C=O) groups is 2. The Morgan fingerprint density at radius 2 is 2.12 bits per heavy atom. The molecule has 0 aromatic heterocycles. The van der Waals surface area contributed by atoms with E-state index in [1.165, 1.54) is 6.92 Å². The molecular weight excluding hydrogens is 208 g/mol. The summed E-state index contributed by atoms with van der Waals surface area (Å²) in [5, 5.41) is 12.1. The molecule has 1 fully saturated rings. The average Bonchev–Trinajstić information content (AvgIpc) is 2.60. The van der Waals surface area contributed by atoms with Gasteiger partial charge in [-0.15, -0.1) is 0 Å². The molecule has 0 heterocycles. The van der Waals surface area contributed by atoms with Crippen LogP contribution in [-0.4, -0.2) is 48.1 Å². The lowest BCUT2D eigenvalue weighted by Gasteiger charge is -2.23. The van der Waals surface area contributed by atoms with Gasteiger partial charge < -0.3 is 15.3 Å². The number of rotatable bonds is 4. The summed E-state index contributed by atoms with van der Waals surface area (Å²) >= 11 is 0. The van der Waals surface area contributed by atoms with E-state index in [9.17, 15) is 14.7 Å². The molecule has 0 aromatic carbocycles. The van der Waals surface area contributed by atoms with Crippen molar-refractivity contribution in [1.29, 1.82) is 0 Å². The van der Waals surface area contributed by atoms with Gasteiger partial charge in [0.1, 0.15) is 0 Å². The molecule has 0 spiro atoms. The minimum absolute atomic E-state index is 0.0364. The van der Waals surface area contributed by atoms with Gasteiger partial charge in [-0.25, -0.2) is 0 Å². The van der Waals surface area contributed by atoms with Gasteiger partial charge in [0, 0.05) is 26.4 Å². The molecule has 1 aliphatic rings. The highest BCUT2D eigenvalue weighted by Crippen LogP contribution is 2.25. The third-order valence-electron chi connectivity index (χ3n) is 3.04. The van der Waals surface area contributed by atoms with Gasteiger partial charge >= 0.3 is 0 Å². The summed E-state index contributed by atoms with van der Waals surface area (Å²) in [5.41, 5.74) is 0. The highest BCUT2D eigenvalue weighted by Gasteiger charge is 2.27. The summed E-state index contributed by atoms with van der Waals surface area (Å²) in [4.78, 5) is 23.8. The maximum atomic E-state index is 11.6. The second-order valence-electron chi connectivity index (χ2n) is 4.44. The largest absolute Gasteiger partial charge is 0.393 e. The Labute approximate surface area is 95.8 Å². The van der Waals surface area contributed by atoms with Crippen LogP contribution in [0.5, 0.6) is 0 Å². The number of amides is 2. The molecule has 2 amide bonds. The van der Waals surface area contributed by atoms with Gasteiger partial charge in [-0.2, -0.15) is 0 Å². The van der Waals surface area contributed by atoms with Crippen LogP contribution in [0.2, 0.25) is 0 Å². The summed E-state index contributed by atoms with van der Waals surface area (Å²) < 4.78 is 0. The molecule has 0 bridgehead atoms. The fourth-order valence-electron chi connectivity index (χ4n) is 2.02. The summed E-state index contributed by atoms with van der Waals surface area (Å²) in [6.07, 6.45) is 2.55. The molecule has 2 N–H and O–H groups in total. The van der Waals surface area contributed by atoms with Crippen LogP contribution in [0, 0.1) is 5.92 Å². The molecule has 1 rings (SSSR count). The van der Waals surface area contributed by atoms with E-state index in [0.717, 1.165) is 19.3 Å². The SMILES string of the molecule is CC(=O)NCC(=O)N(C)CC1CCCC1O. The number of hydrogen-bond acceptors (Lipinski definition) is 3. The predicted molar refractivity (Wildman–Crippen MR) is 59.7 cm³/mol. The Morgan fingerprint density at radius 1 is 1.44 bits per heavy atom. The molecule has 0 saturated heterocycles. The highest BCUT2D eigenvalue weighted by molar-refractivity contribution is 5.83. The normalized spacial score (nSPS) is 24.2. The van der Waals surface area contributed by atoms with Gasteiger partial charge in [-0.05, 0) is 12.8 Å². The molecule has 0 aliphatic heterocycles. The van der Waals surface area contributed by atoms with E-state index in [4.69, 9.17) is 0 Å². The van der Waals surface area contributed by atoms with E-state index in [2.05, 4.69) is 5.32 Å². The Kier molecular flexibility index (Phi) is 4.73. The molecule has 5 nitrogen and oxygen atoms in total. The molecular formula is C11H20N2O3. The predicted octanol–water partition coefficient (Wildman–Crippen LogP) is -0.258. The van der Waals surface area contributed by atoms with Crippen molar-refractivity contribution >= 4 is 11.8 Å². The molecule has 1 saturated carbocycles. The number of hydrogen-bond donors (Lipinski definition) is 2. The Bertz CT molecular complexity index is 268. The van der Waals surface area contributed by atoms with Crippen LogP contribution >= 0.6 is 0 Å². The smallest absolute Gasteiger partial charge is 0.241 e. The third kappa shape index (κ3) is 3.81. The third-order valence-corrected chi connectivity index (χ3v) is 3.04. The summed E-state index contributed by atoms with van der Waals surface area (Å²) in [5.74, 6) is -0.136. The van der Waals surface area contributed by atoms with Crippen LogP contribution in [0.25, 0.3) is 0 Å². The van der Waals surface area contributed by atoms with Crippen molar-refractivity contribution in [2.45, 2.75) is 32.3 Å². The van der Waals surface area contributed by atoms with Gasteiger partial charge in [0.05, 0.1) is 12.6 Å². The molecule has 5 heteroatoms. The Hall–Kier alpha value is -1.10. The summed E-state index contributed by atoms with van der Waals surface area (Å²) in [6, 6.07) is 0. The van der Waals surface area contributed by atoms with E-state index < -0.39 is 0 Å². The number of nitrogens with zero attached hydrogens (tertiary/aromatic N) is 1. The second-order valence-corrected chi connectivity index (χ2v) is 4.44. The minimum Gasteiger partial charge on any atom is -0.393 e. The van der Waals surface area contributed by atoms with Crippen LogP contribution in [0.1, 0.15) is 26.2 Å². The molecule has 0 aromatic rings. The zero-order valence-electron chi connectivity index (χ0n) is 9.90. The maximum absolute atomic E-state index is 11.6. The lowest BCUT2D eigenvalue weighted by molar-refractivity contribution is -0.132. The van der Waals surface area contributed by atoms with Crippen molar-refractivity contribution in [3.05, 3.63) is 0 Å². The number of aliphatic hydroxyl groups is 1. The fraction of sp³-hybridized carbons (Fsp3) is 0.818. The standard InChI is InChI=1S/C11H20N2O3/c1-8(14)12-6-11(16)13(2)7-9-4-3-5-10(9)15/h9-10,15H,3-7H2,1-2H3,(H,12,14). The van der Waals surface area contributed by atoms with Crippen molar-refractivity contribution in [2.75, 3.05) is 20.1 Å². The van der Waals surface area contributed by atoms with Gasteiger partial charge in [0.2, 0.25) is 11.8 Å². The zero-order valence-corrected chi connectivity index (χ0v) is 9.90. The first-order valence-electron chi connectivity index (χ1n) is 5.67. The number of aliphatic hydroxyl groups excluding tert-OH is 1. The summed E-state index contributed by atoms with van der Waals surface area (Å²) in [6.45, 7) is 1.99. The van der Waals surface area contributed by atoms with Crippen molar-refractivity contribution in [1.82, 2.24) is 10.2 Å². The molecule has 92 valence electrons. The van der Waals surface area contributed by atoms with Crippen molar-refractivity contribution in [2.24, 2.45) is 5.92 Å². The molecule has 16 heavy (non-hydrogen) atoms. The molecule has 2 atom stereocenters. The van der Waals surface area contributed by atoms with E-state index in [1.807, 2.05) is 0 Å². The van der Waals surface area contributed by atoms with E-state index in [-0.39, 0.29) is 30.4 Å². The van der Waals surface area contributed by atoms with Gasteiger partial charge in [0.25, 0.3) is 0 Å². The Balaban J connectivity index is 2.30. The van der Waals surface area contributed by atoms with Gasteiger partial charge in [0.15, 0.2) is 0 Å². The van der Waals surface area contributed by atoms with E-state index in [1.54, 1.807) is 11.9 Å². The van der Waals surface area contributed by atoms with Crippen molar-refractivity contribution in [3.63, 3.8) is 0 Å². The number of nitrogens with one attached hydrogen (secondary N) is 1. The molecule has 0 radical (unpaired) electrons. The fourth-order valence-corrected chi connectivity index (χ4v) is 2.02. The first-order valence-corrected chi connectivity index (χ1v) is 5.67. The van der Waals surface area contributed by atoms with Crippen molar-refractivity contribution < 1.29 is 14.7 Å². The molecule has 2 unspecified atom stereocenters. The maximum Gasteiger partial charge on any atom is 0.241 e. The first-order chi connectivity index (χ1) is 7.50. The highest BCUT2D eigenvalue weighted by atomic mass is 16.3. The minimum atomic E-state index is -0.281. The Morgan fingerprint density at radius 3 is 2.62 bits per heavy atom.